The Morgan fingerprint density at radius 1 is 1.04 bits per heavy atom. The zero-order chi connectivity index (χ0) is 18.0. The van der Waals surface area contributed by atoms with Crippen LogP contribution in [0.3, 0.4) is 0 Å². The average molecular weight is 341 g/mol. The lowest BCUT2D eigenvalue weighted by Crippen LogP contribution is -2.40. The molecule has 6 heteroatoms. The Morgan fingerprint density at radius 3 is 2.48 bits per heavy atom. The molecule has 3 rings (SSSR count). The molecule has 2 aromatic rings. The summed E-state index contributed by atoms with van der Waals surface area (Å²) in [6.45, 7) is 5.66. The number of amides is 2. The molecule has 1 aliphatic rings. The van der Waals surface area contributed by atoms with Gasteiger partial charge in [0, 0.05) is 49.2 Å². The molecule has 0 unspecified atom stereocenters. The second-order valence-corrected chi connectivity index (χ2v) is 6.38. The van der Waals surface area contributed by atoms with Crippen molar-refractivity contribution in [2.45, 2.75) is 26.7 Å². The first-order chi connectivity index (χ1) is 12.0. The number of H-pyrrole nitrogens is 1. The van der Waals surface area contributed by atoms with Gasteiger partial charge < -0.3 is 14.8 Å². The summed E-state index contributed by atoms with van der Waals surface area (Å²) in [7, 11) is 0. The molecule has 1 fully saturated rings. The number of hydrogen-bond donors (Lipinski definition) is 1. The van der Waals surface area contributed by atoms with E-state index >= 15 is 0 Å². The third kappa shape index (κ3) is 3.29. The van der Waals surface area contributed by atoms with Crippen molar-refractivity contribution in [3.05, 3.63) is 35.5 Å². The summed E-state index contributed by atoms with van der Waals surface area (Å²) in [6, 6.07) is 7.49. The van der Waals surface area contributed by atoms with Crippen molar-refractivity contribution >= 4 is 28.5 Å². The topological polar surface area (TPSA) is 73.5 Å². The number of ketones is 1. The van der Waals surface area contributed by atoms with Gasteiger partial charge in [0.25, 0.3) is 11.7 Å². The minimum atomic E-state index is -0.487. The predicted molar refractivity (Wildman–Crippen MR) is 95.4 cm³/mol. The fourth-order valence-electron chi connectivity index (χ4n) is 3.41. The first-order valence-corrected chi connectivity index (χ1v) is 8.71. The molecule has 0 bridgehead atoms. The number of hydrogen-bond acceptors (Lipinski definition) is 3. The van der Waals surface area contributed by atoms with Crippen LogP contribution in [-0.2, 0) is 9.59 Å². The number of aromatic amines is 1. The molecule has 1 aromatic heterocycles. The molecule has 6 nitrogen and oxygen atoms in total. The molecule has 0 radical (unpaired) electrons. The lowest BCUT2D eigenvalue weighted by atomic mass is 10.1. The number of para-hydroxylation sites is 1. The van der Waals surface area contributed by atoms with Gasteiger partial charge in [-0.25, -0.2) is 0 Å². The highest BCUT2D eigenvalue weighted by Crippen LogP contribution is 2.23. The second-order valence-electron chi connectivity index (χ2n) is 6.38. The first kappa shape index (κ1) is 17.2. The zero-order valence-electron chi connectivity index (χ0n) is 14.7. The summed E-state index contributed by atoms with van der Waals surface area (Å²) in [5.41, 5.74) is 2.01. The maximum Gasteiger partial charge on any atom is 0.295 e. The van der Waals surface area contributed by atoms with Gasteiger partial charge in [0.05, 0.1) is 5.56 Å². The van der Waals surface area contributed by atoms with Crippen molar-refractivity contribution in [1.29, 1.82) is 0 Å². The van der Waals surface area contributed by atoms with Gasteiger partial charge in [-0.1, -0.05) is 25.1 Å². The Hall–Kier alpha value is -2.63. The van der Waals surface area contributed by atoms with E-state index in [9.17, 15) is 14.4 Å². The zero-order valence-corrected chi connectivity index (χ0v) is 14.7. The molecule has 1 saturated heterocycles. The Bertz CT molecular complexity index is 824. The molecule has 2 amide bonds. The van der Waals surface area contributed by atoms with Crippen LogP contribution in [0.5, 0.6) is 0 Å². The van der Waals surface area contributed by atoms with Crippen LogP contribution in [0.2, 0.25) is 0 Å². The molecule has 1 aromatic carbocycles. The standard InChI is InChI=1S/C19H23N3O3/c1-3-16(23)21-9-6-10-22(12-11-21)19(25)18(24)17-13(2)20-15-8-5-4-7-14(15)17/h4-5,7-8,20H,3,6,9-12H2,1-2H3. The highest BCUT2D eigenvalue weighted by Gasteiger charge is 2.29. The van der Waals surface area contributed by atoms with Gasteiger partial charge in [-0.15, -0.1) is 0 Å². The summed E-state index contributed by atoms with van der Waals surface area (Å²) in [4.78, 5) is 44.0. The van der Waals surface area contributed by atoms with E-state index < -0.39 is 11.7 Å². The number of carbonyl (C=O) groups is 3. The van der Waals surface area contributed by atoms with E-state index in [0.29, 0.717) is 50.3 Å². The number of aromatic nitrogens is 1. The van der Waals surface area contributed by atoms with Gasteiger partial charge >= 0.3 is 0 Å². The number of fused-ring (bicyclic) bond motifs is 1. The molecule has 1 N–H and O–H groups in total. The van der Waals surface area contributed by atoms with Crippen LogP contribution in [0.4, 0.5) is 0 Å². The molecule has 0 aliphatic carbocycles. The largest absolute Gasteiger partial charge is 0.358 e. The van der Waals surface area contributed by atoms with Crippen LogP contribution in [0, 0.1) is 6.92 Å². The summed E-state index contributed by atoms with van der Waals surface area (Å²) in [5, 5.41) is 0.774. The summed E-state index contributed by atoms with van der Waals surface area (Å²) in [5.74, 6) is -0.878. The number of nitrogens with one attached hydrogen (secondary N) is 1. The Morgan fingerprint density at radius 2 is 1.72 bits per heavy atom. The van der Waals surface area contributed by atoms with Crippen molar-refractivity contribution in [2.75, 3.05) is 26.2 Å². The third-order valence-corrected chi connectivity index (χ3v) is 4.75. The minimum Gasteiger partial charge on any atom is -0.358 e. The van der Waals surface area contributed by atoms with E-state index in [1.807, 2.05) is 38.1 Å². The highest BCUT2D eigenvalue weighted by atomic mass is 16.2. The van der Waals surface area contributed by atoms with Crippen LogP contribution >= 0.6 is 0 Å². The molecule has 0 spiro atoms. The predicted octanol–water partition coefficient (Wildman–Crippen LogP) is 2.13. The average Bonchev–Trinajstić information content (AvgIpc) is 2.79. The molecule has 0 saturated carbocycles. The highest BCUT2D eigenvalue weighted by molar-refractivity contribution is 6.45. The Labute approximate surface area is 146 Å². The number of carbonyl (C=O) groups excluding carboxylic acids is 3. The third-order valence-electron chi connectivity index (χ3n) is 4.75. The normalized spacial score (nSPS) is 15.3. The number of aryl methyl sites for hydroxylation is 1. The molecule has 132 valence electrons. The summed E-state index contributed by atoms with van der Waals surface area (Å²) < 4.78 is 0. The van der Waals surface area contributed by atoms with Crippen LogP contribution in [0.25, 0.3) is 10.9 Å². The lowest BCUT2D eigenvalue weighted by molar-refractivity contribution is -0.131. The first-order valence-electron chi connectivity index (χ1n) is 8.71. The van der Waals surface area contributed by atoms with Crippen molar-refractivity contribution in [2.24, 2.45) is 0 Å². The van der Waals surface area contributed by atoms with Gasteiger partial charge in [-0.2, -0.15) is 0 Å². The van der Waals surface area contributed by atoms with Crippen molar-refractivity contribution < 1.29 is 14.4 Å². The minimum absolute atomic E-state index is 0.0908. The number of rotatable bonds is 3. The van der Waals surface area contributed by atoms with Gasteiger partial charge in [0.2, 0.25) is 5.91 Å². The quantitative estimate of drug-likeness (QED) is 0.686. The monoisotopic (exact) mass is 341 g/mol. The molecule has 1 aliphatic heterocycles. The smallest absolute Gasteiger partial charge is 0.295 e. The molecule has 0 atom stereocenters. The molecular formula is C19H23N3O3. The number of nitrogens with zero attached hydrogens (tertiary/aromatic N) is 2. The Kier molecular flexibility index (Phi) is 4.88. The van der Waals surface area contributed by atoms with Crippen molar-refractivity contribution in [3.63, 3.8) is 0 Å². The fourth-order valence-corrected chi connectivity index (χ4v) is 3.41. The molecule has 2 heterocycles. The maximum atomic E-state index is 12.8. The lowest BCUT2D eigenvalue weighted by Gasteiger charge is -2.21. The van der Waals surface area contributed by atoms with Crippen LogP contribution in [0.1, 0.15) is 35.8 Å². The molecular weight excluding hydrogens is 318 g/mol. The van der Waals surface area contributed by atoms with E-state index in [4.69, 9.17) is 0 Å². The van der Waals surface area contributed by atoms with Crippen LogP contribution in [0.15, 0.2) is 24.3 Å². The number of Topliss-reactive ketones (excluding diaryl/α,β-unsaturated/α-hetero) is 1. The van der Waals surface area contributed by atoms with E-state index in [0.717, 1.165) is 10.9 Å². The van der Waals surface area contributed by atoms with Crippen LogP contribution in [-0.4, -0.2) is 58.6 Å². The van der Waals surface area contributed by atoms with E-state index in [1.54, 1.807) is 9.80 Å². The van der Waals surface area contributed by atoms with Gasteiger partial charge in [0.15, 0.2) is 0 Å². The Balaban J connectivity index is 1.79. The number of benzene rings is 1. The van der Waals surface area contributed by atoms with E-state index in [2.05, 4.69) is 4.98 Å². The van der Waals surface area contributed by atoms with Crippen molar-refractivity contribution in [3.8, 4) is 0 Å². The van der Waals surface area contributed by atoms with Crippen molar-refractivity contribution in [1.82, 2.24) is 14.8 Å². The molecule has 25 heavy (non-hydrogen) atoms. The van der Waals surface area contributed by atoms with E-state index in [1.165, 1.54) is 0 Å². The van der Waals surface area contributed by atoms with Gasteiger partial charge in [-0.05, 0) is 19.4 Å². The maximum absolute atomic E-state index is 12.8. The van der Waals surface area contributed by atoms with Crippen LogP contribution < -0.4 is 0 Å². The summed E-state index contributed by atoms with van der Waals surface area (Å²) >= 11 is 0. The second kappa shape index (κ2) is 7.09. The fraction of sp³-hybridized carbons (Fsp3) is 0.421. The summed E-state index contributed by atoms with van der Waals surface area (Å²) in [6.07, 6.45) is 1.15. The van der Waals surface area contributed by atoms with E-state index in [-0.39, 0.29) is 5.91 Å². The SMILES string of the molecule is CCC(=O)N1CCCN(C(=O)C(=O)c2c(C)[nH]c3ccccc23)CC1. The van der Waals surface area contributed by atoms with Gasteiger partial charge in [0.1, 0.15) is 0 Å². The van der Waals surface area contributed by atoms with Gasteiger partial charge in [-0.3, -0.25) is 14.4 Å².